The number of anilines is 1. The van der Waals surface area contributed by atoms with Crippen LogP contribution >= 0.6 is 0 Å². The Hall–Kier alpha value is -1.58. The van der Waals surface area contributed by atoms with Gasteiger partial charge in [0.05, 0.1) is 11.3 Å². The van der Waals surface area contributed by atoms with Crippen molar-refractivity contribution in [2.75, 3.05) is 11.9 Å². The molecule has 0 aromatic carbocycles. The Balaban J connectivity index is 1.47. The van der Waals surface area contributed by atoms with Gasteiger partial charge in [-0.1, -0.05) is 0 Å². The molecule has 4 unspecified atom stereocenters. The summed E-state index contributed by atoms with van der Waals surface area (Å²) in [5.41, 5.74) is 1.56. The first-order chi connectivity index (χ1) is 9.79. The SMILES string of the molecule is CCNc1ccncc1C(=O)NC1C2C3CCC(C3)C12. The first kappa shape index (κ1) is 12.2. The van der Waals surface area contributed by atoms with Gasteiger partial charge in [0, 0.05) is 25.0 Å². The lowest BCUT2D eigenvalue weighted by Gasteiger charge is -2.13. The Bertz CT molecular complexity index is 528. The highest BCUT2D eigenvalue weighted by molar-refractivity contribution is 5.99. The summed E-state index contributed by atoms with van der Waals surface area (Å²) in [4.78, 5) is 16.6. The standard InChI is InChI=1S/C16H21N3O/c1-2-18-12-5-6-17-8-11(12)16(20)19-15-13-9-3-4-10(7-9)14(13)15/h5-6,8-10,13-15H,2-4,7H2,1H3,(H,17,18)(H,19,20). The molecule has 1 aromatic heterocycles. The van der Waals surface area contributed by atoms with Gasteiger partial charge in [-0.15, -0.1) is 0 Å². The predicted molar refractivity (Wildman–Crippen MR) is 77.5 cm³/mol. The van der Waals surface area contributed by atoms with Gasteiger partial charge < -0.3 is 10.6 Å². The number of aromatic nitrogens is 1. The number of carbonyl (C=O) groups is 1. The van der Waals surface area contributed by atoms with Crippen molar-refractivity contribution in [1.29, 1.82) is 0 Å². The van der Waals surface area contributed by atoms with Crippen LogP contribution in [-0.4, -0.2) is 23.5 Å². The predicted octanol–water partition coefficient (Wildman–Crippen LogP) is 2.29. The van der Waals surface area contributed by atoms with Crippen LogP contribution in [0.1, 0.15) is 36.5 Å². The molecule has 4 atom stereocenters. The highest BCUT2D eigenvalue weighted by Gasteiger charge is 2.65. The summed E-state index contributed by atoms with van der Waals surface area (Å²) in [6.07, 6.45) is 7.57. The normalized spacial score (nSPS) is 36.5. The van der Waals surface area contributed by atoms with Crippen LogP contribution in [0, 0.1) is 23.7 Å². The number of rotatable bonds is 4. The second kappa shape index (κ2) is 4.47. The molecule has 2 N–H and O–H groups in total. The monoisotopic (exact) mass is 271 g/mol. The summed E-state index contributed by atoms with van der Waals surface area (Å²) in [7, 11) is 0. The van der Waals surface area contributed by atoms with Gasteiger partial charge in [0.2, 0.25) is 0 Å². The number of pyridine rings is 1. The van der Waals surface area contributed by atoms with Crippen LogP contribution < -0.4 is 10.6 Å². The van der Waals surface area contributed by atoms with Crippen molar-refractivity contribution in [3.05, 3.63) is 24.0 Å². The maximum atomic E-state index is 12.5. The molecule has 4 nitrogen and oxygen atoms in total. The summed E-state index contributed by atoms with van der Waals surface area (Å²) in [5.74, 6) is 3.36. The smallest absolute Gasteiger partial charge is 0.255 e. The summed E-state index contributed by atoms with van der Waals surface area (Å²) in [6.45, 7) is 2.84. The van der Waals surface area contributed by atoms with Crippen molar-refractivity contribution in [3.63, 3.8) is 0 Å². The van der Waals surface area contributed by atoms with Crippen molar-refractivity contribution in [1.82, 2.24) is 10.3 Å². The molecule has 1 amide bonds. The molecule has 3 saturated carbocycles. The molecule has 4 heteroatoms. The maximum Gasteiger partial charge on any atom is 0.255 e. The van der Waals surface area contributed by atoms with E-state index >= 15 is 0 Å². The quantitative estimate of drug-likeness (QED) is 0.883. The Morgan fingerprint density at radius 3 is 2.80 bits per heavy atom. The van der Waals surface area contributed by atoms with E-state index in [0.717, 1.165) is 35.9 Å². The van der Waals surface area contributed by atoms with Gasteiger partial charge in [-0.25, -0.2) is 0 Å². The van der Waals surface area contributed by atoms with Gasteiger partial charge in [-0.3, -0.25) is 9.78 Å². The van der Waals surface area contributed by atoms with E-state index in [0.29, 0.717) is 11.6 Å². The third-order valence-electron chi connectivity index (χ3n) is 5.47. The summed E-state index contributed by atoms with van der Waals surface area (Å²) in [6, 6.07) is 2.30. The van der Waals surface area contributed by atoms with Gasteiger partial charge in [0.25, 0.3) is 5.91 Å². The van der Waals surface area contributed by atoms with E-state index in [4.69, 9.17) is 0 Å². The Kier molecular flexibility index (Phi) is 2.72. The third kappa shape index (κ3) is 1.74. The molecule has 20 heavy (non-hydrogen) atoms. The van der Waals surface area contributed by atoms with E-state index in [1.165, 1.54) is 19.3 Å². The summed E-state index contributed by atoms with van der Waals surface area (Å²) < 4.78 is 0. The first-order valence-electron chi connectivity index (χ1n) is 7.78. The van der Waals surface area contributed by atoms with Crippen LogP contribution in [-0.2, 0) is 0 Å². The van der Waals surface area contributed by atoms with Crippen LogP contribution in [0.3, 0.4) is 0 Å². The fourth-order valence-corrected chi connectivity index (χ4v) is 4.67. The van der Waals surface area contributed by atoms with Gasteiger partial charge in [0.15, 0.2) is 0 Å². The van der Waals surface area contributed by atoms with Gasteiger partial charge in [-0.2, -0.15) is 0 Å². The summed E-state index contributed by atoms with van der Waals surface area (Å²) >= 11 is 0. The molecule has 2 bridgehead atoms. The molecule has 4 rings (SSSR count). The molecule has 3 aliphatic rings. The van der Waals surface area contributed by atoms with Crippen LogP contribution in [0.15, 0.2) is 18.5 Å². The maximum absolute atomic E-state index is 12.5. The van der Waals surface area contributed by atoms with E-state index in [1.54, 1.807) is 12.4 Å². The third-order valence-corrected chi connectivity index (χ3v) is 5.47. The number of amides is 1. The van der Waals surface area contributed by atoms with Crippen molar-refractivity contribution < 1.29 is 4.79 Å². The molecule has 1 heterocycles. The van der Waals surface area contributed by atoms with E-state index < -0.39 is 0 Å². The van der Waals surface area contributed by atoms with E-state index in [-0.39, 0.29) is 5.91 Å². The van der Waals surface area contributed by atoms with Crippen LogP contribution in [0.4, 0.5) is 5.69 Å². The molecular formula is C16H21N3O. The first-order valence-corrected chi connectivity index (χ1v) is 7.78. The number of nitrogens with zero attached hydrogens (tertiary/aromatic N) is 1. The Labute approximate surface area is 119 Å². The lowest BCUT2D eigenvalue weighted by molar-refractivity contribution is 0.0944. The number of hydrogen-bond acceptors (Lipinski definition) is 3. The van der Waals surface area contributed by atoms with Crippen molar-refractivity contribution >= 4 is 11.6 Å². The second-order valence-electron chi connectivity index (χ2n) is 6.44. The summed E-state index contributed by atoms with van der Waals surface area (Å²) in [5, 5.41) is 6.48. The fraction of sp³-hybridized carbons (Fsp3) is 0.625. The molecule has 106 valence electrons. The number of hydrogen-bond donors (Lipinski definition) is 2. The van der Waals surface area contributed by atoms with Gasteiger partial charge in [0.1, 0.15) is 0 Å². The lowest BCUT2D eigenvalue weighted by Crippen LogP contribution is -2.30. The minimum atomic E-state index is 0.0350. The van der Waals surface area contributed by atoms with E-state index in [1.807, 2.05) is 13.0 Å². The van der Waals surface area contributed by atoms with Crippen LogP contribution in [0.25, 0.3) is 0 Å². The average molecular weight is 271 g/mol. The molecule has 1 aromatic rings. The second-order valence-corrected chi connectivity index (χ2v) is 6.44. The highest BCUT2D eigenvalue weighted by Crippen LogP contribution is 2.65. The molecular weight excluding hydrogens is 250 g/mol. The topological polar surface area (TPSA) is 54.0 Å². The molecule has 0 radical (unpaired) electrons. The molecule has 3 aliphatic carbocycles. The average Bonchev–Trinajstić information content (AvgIpc) is 2.85. The van der Waals surface area contributed by atoms with Crippen molar-refractivity contribution in [2.24, 2.45) is 23.7 Å². The minimum Gasteiger partial charge on any atom is -0.385 e. The van der Waals surface area contributed by atoms with Crippen molar-refractivity contribution in [2.45, 2.75) is 32.2 Å². The van der Waals surface area contributed by atoms with E-state index in [9.17, 15) is 4.79 Å². The van der Waals surface area contributed by atoms with E-state index in [2.05, 4.69) is 15.6 Å². The zero-order valence-electron chi connectivity index (χ0n) is 11.8. The highest BCUT2D eigenvalue weighted by atomic mass is 16.1. The molecule has 3 fully saturated rings. The number of fused-ring (bicyclic) bond motifs is 5. The van der Waals surface area contributed by atoms with Gasteiger partial charge >= 0.3 is 0 Å². The Morgan fingerprint density at radius 1 is 1.35 bits per heavy atom. The number of carbonyl (C=O) groups excluding carboxylic acids is 1. The zero-order chi connectivity index (χ0) is 13.7. The van der Waals surface area contributed by atoms with Crippen LogP contribution in [0.5, 0.6) is 0 Å². The molecule has 0 aliphatic heterocycles. The molecule has 0 saturated heterocycles. The lowest BCUT2D eigenvalue weighted by atomic mass is 10.0. The van der Waals surface area contributed by atoms with Crippen LogP contribution in [0.2, 0.25) is 0 Å². The Morgan fingerprint density at radius 2 is 2.10 bits per heavy atom. The van der Waals surface area contributed by atoms with Crippen molar-refractivity contribution in [3.8, 4) is 0 Å². The zero-order valence-corrected chi connectivity index (χ0v) is 11.8. The number of nitrogens with one attached hydrogen (secondary N) is 2. The fourth-order valence-electron chi connectivity index (χ4n) is 4.67. The largest absolute Gasteiger partial charge is 0.385 e. The molecule has 0 spiro atoms. The minimum absolute atomic E-state index is 0.0350. The van der Waals surface area contributed by atoms with Gasteiger partial charge in [-0.05, 0) is 55.9 Å².